The highest BCUT2D eigenvalue weighted by atomic mass is 32.3. The molecular weight excluding hydrogens is 228 g/mol. The topological polar surface area (TPSA) is 124 Å². The van der Waals surface area contributed by atoms with E-state index in [1.54, 1.807) is 0 Å². The maximum atomic E-state index is 10.6. The second-order valence-electron chi connectivity index (χ2n) is 3.11. The van der Waals surface area contributed by atoms with Gasteiger partial charge in [-0.3, -0.25) is 4.55 Å². The van der Waals surface area contributed by atoms with E-state index in [1.807, 2.05) is 0 Å². The van der Waals surface area contributed by atoms with Crippen LogP contribution in [0.4, 0.5) is 0 Å². The average molecular weight is 244 g/mol. The number of hydrogen-bond acceptors (Lipinski definition) is 6. The molecule has 0 unspecified atom stereocenters. The summed E-state index contributed by atoms with van der Waals surface area (Å²) in [6, 6.07) is 0. The monoisotopic (exact) mass is 244 g/mol. The van der Waals surface area contributed by atoms with Crippen molar-refractivity contribution in [2.24, 2.45) is 0 Å². The van der Waals surface area contributed by atoms with Crippen molar-refractivity contribution in [2.45, 2.75) is 24.9 Å². The van der Waals surface area contributed by atoms with Gasteiger partial charge in [0, 0.05) is 39.1 Å². The summed E-state index contributed by atoms with van der Waals surface area (Å²) in [6.07, 6.45) is -0.310. The lowest BCUT2D eigenvalue weighted by Crippen LogP contribution is -2.38. The maximum Gasteiger partial charge on any atom is 0.397 e. The van der Waals surface area contributed by atoms with E-state index >= 15 is 0 Å². The zero-order valence-electron chi connectivity index (χ0n) is 8.16. The van der Waals surface area contributed by atoms with Crippen LogP contribution in [0.25, 0.3) is 0 Å². The van der Waals surface area contributed by atoms with Crippen molar-refractivity contribution in [3.8, 4) is 0 Å². The van der Waals surface area contributed by atoms with Crippen molar-refractivity contribution in [3.63, 3.8) is 0 Å². The molecule has 0 heterocycles. The molecule has 0 saturated carbocycles. The fourth-order valence-corrected chi connectivity index (χ4v) is 2.03. The van der Waals surface area contributed by atoms with Crippen molar-refractivity contribution in [1.29, 1.82) is 0 Å². The summed E-state index contributed by atoms with van der Waals surface area (Å²) in [5.74, 6) is 0. The molecule has 15 heavy (non-hydrogen) atoms. The molecule has 0 aromatic heterocycles. The zero-order valence-corrected chi connectivity index (χ0v) is 8.98. The smallest absolute Gasteiger partial charge is 0.396 e. The van der Waals surface area contributed by atoms with E-state index in [0.717, 1.165) is 0 Å². The molecule has 0 spiro atoms. The standard InChI is InChI=1S/C7H16O7S/c8-4-1-7(2-5-9,3-6-10)14-15(11,12)13/h8-10H,1-6H2,(H,11,12,13). The van der Waals surface area contributed by atoms with Crippen LogP contribution in [0.2, 0.25) is 0 Å². The summed E-state index contributed by atoms with van der Waals surface area (Å²) >= 11 is 0. The molecule has 0 aromatic rings. The molecule has 0 amide bonds. The highest BCUT2D eigenvalue weighted by Crippen LogP contribution is 2.26. The van der Waals surface area contributed by atoms with Gasteiger partial charge in [0.1, 0.15) is 0 Å². The van der Waals surface area contributed by atoms with Gasteiger partial charge in [-0.05, 0) is 0 Å². The lowest BCUT2D eigenvalue weighted by atomic mass is 9.93. The fraction of sp³-hybridized carbons (Fsp3) is 1.00. The Morgan fingerprint density at radius 3 is 1.47 bits per heavy atom. The van der Waals surface area contributed by atoms with Gasteiger partial charge in [-0.2, -0.15) is 8.42 Å². The van der Waals surface area contributed by atoms with Crippen molar-refractivity contribution in [3.05, 3.63) is 0 Å². The molecular formula is C7H16O7S. The number of aliphatic hydroxyl groups excluding tert-OH is 3. The minimum Gasteiger partial charge on any atom is -0.396 e. The Morgan fingerprint density at radius 1 is 0.933 bits per heavy atom. The van der Waals surface area contributed by atoms with Crippen molar-refractivity contribution >= 4 is 10.4 Å². The fourth-order valence-electron chi connectivity index (χ4n) is 1.33. The largest absolute Gasteiger partial charge is 0.397 e. The van der Waals surface area contributed by atoms with E-state index in [2.05, 4.69) is 4.18 Å². The van der Waals surface area contributed by atoms with Gasteiger partial charge < -0.3 is 15.3 Å². The van der Waals surface area contributed by atoms with Crippen LogP contribution in [0.1, 0.15) is 19.3 Å². The normalized spacial score (nSPS) is 13.1. The molecule has 0 radical (unpaired) electrons. The summed E-state index contributed by atoms with van der Waals surface area (Å²) in [5.41, 5.74) is -1.45. The van der Waals surface area contributed by atoms with Crippen LogP contribution in [0.5, 0.6) is 0 Å². The molecule has 0 aromatic carbocycles. The van der Waals surface area contributed by atoms with E-state index in [0.29, 0.717) is 0 Å². The Labute approximate surface area is 88.3 Å². The molecule has 4 N–H and O–H groups in total. The first-order valence-electron chi connectivity index (χ1n) is 4.40. The highest BCUT2D eigenvalue weighted by Gasteiger charge is 2.34. The van der Waals surface area contributed by atoms with E-state index in [-0.39, 0.29) is 39.1 Å². The van der Waals surface area contributed by atoms with Gasteiger partial charge in [-0.15, -0.1) is 0 Å². The minimum absolute atomic E-state index is 0.103. The van der Waals surface area contributed by atoms with Gasteiger partial charge in [-0.1, -0.05) is 0 Å². The molecule has 0 aliphatic rings. The Hall–Kier alpha value is -0.250. The van der Waals surface area contributed by atoms with Crippen LogP contribution in [0.15, 0.2) is 0 Å². The molecule has 0 aliphatic carbocycles. The van der Waals surface area contributed by atoms with E-state index < -0.39 is 16.0 Å². The second-order valence-corrected chi connectivity index (χ2v) is 4.14. The van der Waals surface area contributed by atoms with Crippen LogP contribution in [-0.2, 0) is 14.6 Å². The van der Waals surface area contributed by atoms with Gasteiger partial charge in [0.2, 0.25) is 0 Å². The van der Waals surface area contributed by atoms with E-state index in [4.69, 9.17) is 19.9 Å². The molecule has 0 aliphatic heterocycles. The number of rotatable bonds is 8. The predicted octanol–water partition coefficient (Wildman–Crippen LogP) is -1.31. The predicted molar refractivity (Wildman–Crippen MR) is 50.5 cm³/mol. The Morgan fingerprint density at radius 2 is 1.27 bits per heavy atom. The van der Waals surface area contributed by atoms with Crippen molar-refractivity contribution in [1.82, 2.24) is 0 Å². The maximum absolute atomic E-state index is 10.6. The van der Waals surface area contributed by atoms with E-state index in [9.17, 15) is 8.42 Å². The lowest BCUT2D eigenvalue weighted by molar-refractivity contribution is -0.00349. The number of hydrogen-bond donors (Lipinski definition) is 4. The molecule has 0 atom stereocenters. The summed E-state index contributed by atoms with van der Waals surface area (Å²) < 4.78 is 34.1. The van der Waals surface area contributed by atoms with Gasteiger partial charge in [-0.25, -0.2) is 4.18 Å². The second kappa shape index (κ2) is 6.36. The Balaban J connectivity index is 4.75. The molecule has 0 rings (SSSR count). The molecule has 8 heteroatoms. The third-order valence-electron chi connectivity index (χ3n) is 1.98. The van der Waals surface area contributed by atoms with Crippen molar-refractivity contribution < 1.29 is 32.5 Å². The molecule has 7 nitrogen and oxygen atoms in total. The third kappa shape index (κ3) is 6.03. The quantitative estimate of drug-likeness (QED) is 0.391. The van der Waals surface area contributed by atoms with Gasteiger partial charge in [0.15, 0.2) is 0 Å². The summed E-state index contributed by atoms with van der Waals surface area (Å²) in [4.78, 5) is 0. The van der Waals surface area contributed by atoms with Crippen LogP contribution < -0.4 is 0 Å². The van der Waals surface area contributed by atoms with Crippen LogP contribution >= 0.6 is 0 Å². The van der Waals surface area contributed by atoms with Crippen LogP contribution in [-0.4, -0.2) is 53.7 Å². The van der Waals surface area contributed by atoms with Gasteiger partial charge in [0.05, 0.1) is 5.60 Å². The zero-order chi connectivity index (χ0) is 11.9. The molecule has 0 bridgehead atoms. The van der Waals surface area contributed by atoms with Crippen LogP contribution in [0.3, 0.4) is 0 Å². The summed E-state index contributed by atoms with van der Waals surface area (Å²) in [5, 5.41) is 26.2. The first-order chi connectivity index (χ1) is 6.89. The van der Waals surface area contributed by atoms with Crippen molar-refractivity contribution in [2.75, 3.05) is 19.8 Å². The molecule has 0 fully saturated rings. The molecule has 92 valence electrons. The van der Waals surface area contributed by atoms with E-state index in [1.165, 1.54) is 0 Å². The highest BCUT2D eigenvalue weighted by molar-refractivity contribution is 7.80. The Bertz CT molecular complexity index is 243. The summed E-state index contributed by atoms with van der Waals surface area (Å²) in [7, 11) is -4.68. The SMILES string of the molecule is O=S(=O)(O)OC(CCO)(CCO)CCO. The first kappa shape index (κ1) is 14.8. The Kier molecular flexibility index (Phi) is 6.25. The lowest BCUT2D eigenvalue weighted by Gasteiger charge is -2.30. The minimum atomic E-state index is -4.68. The summed E-state index contributed by atoms with van der Waals surface area (Å²) in [6.45, 7) is -1.14. The average Bonchev–Trinajstić information content (AvgIpc) is 2.01. The molecule has 0 saturated heterocycles. The van der Waals surface area contributed by atoms with Gasteiger partial charge in [0.25, 0.3) is 0 Å². The van der Waals surface area contributed by atoms with Crippen LogP contribution in [0, 0.1) is 0 Å². The first-order valence-corrected chi connectivity index (χ1v) is 5.76. The number of aliphatic hydroxyl groups is 3. The van der Waals surface area contributed by atoms with Gasteiger partial charge >= 0.3 is 10.4 Å². The third-order valence-corrected chi connectivity index (χ3v) is 2.55.